The summed E-state index contributed by atoms with van der Waals surface area (Å²) in [5.41, 5.74) is 2.41. The minimum Gasteiger partial charge on any atom is -0.491 e. The highest BCUT2D eigenvalue weighted by molar-refractivity contribution is 6.31. The molecule has 8 nitrogen and oxygen atoms in total. The van der Waals surface area contributed by atoms with Gasteiger partial charge in [0.15, 0.2) is 0 Å². The molecule has 0 amide bonds. The van der Waals surface area contributed by atoms with Crippen molar-refractivity contribution < 1.29 is 39.4 Å². The van der Waals surface area contributed by atoms with Crippen LogP contribution in [0.4, 0.5) is 0 Å². The van der Waals surface area contributed by atoms with Gasteiger partial charge in [-0.05, 0) is 41.3 Å². The molecule has 0 saturated carbocycles. The lowest BCUT2D eigenvalue weighted by atomic mass is 9.90. The number of hydrogen-bond acceptors (Lipinski definition) is 8. The van der Waals surface area contributed by atoms with Gasteiger partial charge < -0.3 is 39.4 Å². The summed E-state index contributed by atoms with van der Waals surface area (Å²) in [4.78, 5) is 0. The maximum atomic E-state index is 10.4. The second-order valence-electron chi connectivity index (χ2n) is 7.87. The maximum Gasteiger partial charge on any atom is 0.119 e. The zero-order valence-corrected chi connectivity index (χ0v) is 19.2. The zero-order chi connectivity index (χ0) is 23.8. The Kier molecular flexibility index (Phi) is 9.91. The molecule has 0 bridgehead atoms. The number of aliphatic hydroxyl groups is 4. The van der Waals surface area contributed by atoms with Crippen molar-refractivity contribution in [2.75, 3.05) is 40.1 Å². The lowest BCUT2D eigenvalue weighted by molar-refractivity contribution is -0.231. The van der Waals surface area contributed by atoms with E-state index in [9.17, 15) is 20.4 Å². The van der Waals surface area contributed by atoms with Crippen molar-refractivity contribution in [2.45, 2.75) is 36.9 Å². The van der Waals surface area contributed by atoms with Gasteiger partial charge >= 0.3 is 0 Å². The van der Waals surface area contributed by atoms with Crippen LogP contribution >= 0.6 is 11.6 Å². The molecule has 5 atom stereocenters. The second kappa shape index (κ2) is 12.6. The van der Waals surface area contributed by atoms with Crippen molar-refractivity contribution in [3.05, 3.63) is 64.2 Å². The van der Waals surface area contributed by atoms with Gasteiger partial charge in [-0.2, -0.15) is 0 Å². The van der Waals surface area contributed by atoms with E-state index in [1.807, 2.05) is 24.3 Å². The Labute approximate surface area is 198 Å². The summed E-state index contributed by atoms with van der Waals surface area (Å²) in [6, 6.07) is 12.8. The van der Waals surface area contributed by atoms with Crippen molar-refractivity contribution in [3.8, 4) is 5.75 Å². The smallest absolute Gasteiger partial charge is 0.119 e. The van der Waals surface area contributed by atoms with Crippen LogP contribution in [0.15, 0.2) is 42.5 Å². The van der Waals surface area contributed by atoms with Crippen molar-refractivity contribution >= 4 is 11.6 Å². The normalized spacial score (nSPS) is 25.2. The van der Waals surface area contributed by atoms with E-state index in [1.54, 1.807) is 25.3 Å². The maximum absolute atomic E-state index is 10.4. The van der Waals surface area contributed by atoms with E-state index in [4.69, 9.17) is 30.5 Å². The first-order valence-corrected chi connectivity index (χ1v) is 11.2. The van der Waals surface area contributed by atoms with Crippen molar-refractivity contribution in [1.82, 2.24) is 0 Å². The van der Waals surface area contributed by atoms with E-state index in [-0.39, 0.29) is 0 Å². The van der Waals surface area contributed by atoms with Gasteiger partial charge in [-0.3, -0.25) is 0 Å². The van der Waals surface area contributed by atoms with Gasteiger partial charge in [0.05, 0.1) is 26.4 Å². The first kappa shape index (κ1) is 25.9. The Morgan fingerprint density at radius 1 is 0.909 bits per heavy atom. The Balaban J connectivity index is 1.63. The molecule has 2 aromatic carbocycles. The molecule has 182 valence electrons. The van der Waals surface area contributed by atoms with Crippen LogP contribution in [-0.2, 0) is 20.6 Å². The number of hydrogen-bond donors (Lipinski definition) is 4. The summed E-state index contributed by atoms with van der Waals surface area (Å²) in [7, 11) is 1.63. The van der Waals surface area contributed by atoms with Gasteiger partial charge in [0.1, 0.15) is 42.9 Å². The van der Waals surface area contributed by atoms with Gasteiger partial charge in [-0.25, -0.2) is 0 Å². The average molecular weight is 483 g/mol. The fourth-order valence-electron chi connectivity index (χ4n) is 3.67. The van der Waals surface area contributed by atoms with Crippen LogP contribution in [0.5, 0.6) is 5.75 Å². The van der Waals surface area contributed by atoms with E-state index in [0.717, 1.165) is 16.9 Å². The third-order valence-electron chi connectivity index (χ3n) is 5.54. The minimum atomic E-state index is -1.43. The first-order valence-electron chi connectivity index (χ1n) is 10.8. The SMILES string of the molecule is COCCOCCOc1ccc(Cc2cc([C@@H]3O[C@H](CO)[C@@H](O)C(O)[C@H]3O)ccc2Cl)cc1. The summed E-state index contributed by atoms with van der Waals surface area (Å²) in [5.74, 6) is 0.732. The summed E-state index contributed by atoms with van der Waals surface area (Å²) in [6.45, 7) is 1.52. The fourth-order valence-corrected chi connectivity index (χ4v) is 3.85. The summed E-state index contributed by atoms with van der Waals surface area (Å²) >= 11 is 6.40. The van der Waals surface area contributed by atoms with Gasteiger partial charge in [-0.1, -0.05) is 35.9 Å². The van der Waals surface area contributed by atoms with E-state index in [1.165, 1.54) is 0 Å². The largest absolute Gasteiger partial charge is 0.491 e. The van der Waals surface area contributed by atoms with Crippen molar-refractivity contribution in [2.24, 2.45) is 0 Å². The molecule has 1 fully saturated rings. The van der Waals surface area contributed by atoms with Crippen LogP contribution in [0.2, 0.25) is 5.02 Å². The summed E-state index contributed by atoms with van der Waals surface area (Å²) < 4.78 is 21.6. The van der Waals surface area contributed by atoms with Crippen LogP contribution in [-0.4, -0.2) is 85.0 Å². The number of halogens is 1. The molecule has 4 N–H and O–H groups in total. The molecule has 2 aromatic rings. The highest BCUT2D eigenvalue weighted by Crippen LogP contribution is 2.34. The molecule has 1 saturated heterocycles. The van der Waals surface area contributed by atoms with Crippen LogP contribution in [0.1, 0.15) is 22.8 Å². The van der Waals surface area contributed by atoms with Crippen LogP contribution in [0.3, 0.4) is 0 Å². The zero-order valence-electron chi connectivity index (χ0n) is 18.5. The Bertz CT molecular complexity index is 860. The molecular weight excluding hydrogens is 452 g/mol. The number of aliphatic hydroxyl groups excluding tert-OH is 4. The first-order chi connectivity index (χ1) is 15.9. The lowest BCUT2D eigenvalue weighted by Crippen LogP contribution is -2.55. The standard InChI is InChI=1S/C24H31ClO8/c1-30-8-9-31-10-11-32-18-5-2-15(3-6-18)12-17-13-16(4-7-19(17)25)24-23(29)22(28)21(27)20(14-26)33-24/h2-7,13,20-24,26-29H,8-12,14H2,1H3/t20-,21-,22?,23-,24+/m1/s1. The summed E-state index contributed by atoms with van der Waals surface area (Å²) in [6.07, 6.45) is -5.51. The molecule has 0 aliphatic carbocycles. The van der Waals surface area contributed by atoms with Crippen LogP contribution < -0.4 is 4.74 Å². The molecule has 1 unspecified atom stereocenters. The average Bonchev–Trinajstić information content (AvgIpc) is 2.82. The fraction of sp³-hybridized carbons (Fsp3) is 0.500. The minimum absolute atomic E-state index is 0.441. The molecule has 0 radical (unpaired) electrons. The van der Waals surface area contributed by atoms with E-state index in [2.05, 4.69) is 0 Å². The molecule has 1 aliphatic heterocycles. The van der Waals surface area contributed by atoms with Crippen LogP contribution in [0.25, 0.3) is 0 Å². The monoisotopic (exact) mass is 482 g/mol. The number of benzene rings is 2. The van der Waals surface area contributed by atoms with Gasteiger partial charge in [0, 0.05) is 12.1 Å². The molecule has 9 heteroatoms. The molecule has 1 aliphatic rings. The number of methoxy groups -OCH3 is 1. The third kappa shape index (κ3) is 6.88. The van der Waals surface area contributed by atoms with Crippen molar-refractivity contribution in [3.63, 3.8) is 0 Å². The Hall–Kier alpha value is -1.75. The third-order valence-corrected chi connectivity index (χ3v) is 5.91. The van der Waals surface area contributed by atoms with E-state index in [0.29, 0.717) is 43.4 Å². The Morgan fingerprint density at radius 2 is 1.64 bits per heavy atom. The van der Waals surface area contributed by atoms with E-state index >= 15 is 0 Å². The van der Waals surface area contributed by atoms with E-state index < -0.39 is 37.1 Å². The van der Waals surface area contributed by atoms with Crippen LogP contribution in [0, 0.1) is 0 Å². The van der Waals surface area contributed by atoms with Gasteiger partial charge in [0.25, 0.3) is 0 Å². The molecule has 3 rings (SSSR count). The van der Waals surface area contributed by atoms with Crippen molar-refractivity contribution in [1.29, 1.82) is 0 Å². The molecule has 0 aromatic heterocycles. The Morgan fingerprint density at radius 3 is 2.33 bits per heavy atom. The molecule has 0 spiro atoms. The predicted molar refractivity (Wildman–Crippen MR) is 122 cm³/mol. The highest BCUT2D eigenvalue weighted by atomic mass is 35.5. The molecular formula is C24H31ClO8. The van der Waals surface area contributed by atoms with Gasteiger partial charge in [-0.15, -0.1) is 0 Å². The summed E-state index contributed by atoms with van der Waals surface area (Å²) in [5, 5.41) is 40.5. The quantitative estimate of drug-likeness (QED) is 0.356. The predicted octanol–water partition coefficient (Wildman–Crippen LogP) is 1.49. The number of rotatable bonds is 11. The van der Waals surface area contributed by atoms with Gasteiger partial charge in [0.2, 0.25) is 0 Å². The number of ether oxygens (including phenoxy) is 4. The molecule has 33 heavy (non-hydrogen) atoms. The molecule has 1 heterocycles. The lowest BCUT2D eigenvalue weighted by Gasteiger charge is -2.40. The second-order valence-corrected chi connectivity index (χ2v) is 8.28. The topological polar surface area (TPSA) is 118 Å². The highest BCUT2D eigenvalue weighted by Gasteiger charge is 2.44.